The first-order valence-electron chi connectivity index (χ1n) is 4.99. The number of rotatable bonds is 4. The molecule has 2 aromatic rings. The van der Waals surface area contributed by atoms with E-state index in [2.05, 4.69) is 4.98 Å². The number of nitrogens with zero attached hydrogens (tertiary/aromatic N) is 2. The zero-order chi connectivity index (χ0) is 12.3. The summed E-state index contributed by atoms with van der Waals surface area (Å²) in [6.45, 7) is 0.426. The summed E-state index contributed by atoms with van der Waals surface area (Å²) in [6, 6.07) is 6.59. The molecule has 2 rings (SSSR count). The first kappa shape index (κ1) is 11.1. The number of carboxylic acid groups (broad SMARTS) is 1. The molecule has 86 valence electrons. The van der Waals surface area contributed by atoms with E-state index in [0.717, 1.165) is 5.56 Å². The Morgan fingerprint density at radius 3 is 3.00 bits per heavy atom. The highest BCUT2D eigenvalue weighted by Gasteiger charge is 2.05. The topological polar surface area (TPSA) is 72.2 Å². The second-order valence-corrected chi connectivity index (χ2v) is 3.54. The lowest BCUT2D eigenvalue weighted by atomic mass is 10.1. The van der Waals surface area contributed by atoms with Gasteiger partial charge in [0.25, 0.3) is 0 Å². The molecule has 0 aliphatic rings. The molecule has 0 bridgehead atoms. The van der Waals surface area contributed by atoms with Gasteiger partial charge >= 0.3 is 5.97 Å². The normalized spacial score (nSPS) is 10.1. The lowest BCUT2D eigenvalue weighted by Gasteiger charge is -2.05. The molecule has 1 heterocycles. The maximum atomic E-state index is 10.8. The first-order valence-corrected chi connectivity index (χ1v) is 4.99. The number of carbonyl (C=O) groups excluding carboxylic acids is 1. The highest BCUT2D eigenvalue weighted by Crippen LogP contribution is 2.08. The summed E-state index contributed by atoms with van der Waals surface area (Å²) < 4.78 is 1.66. The van der Waals surface area contributed by atoms with Gasteiger partial charge in [0.2, 0.25) is 0 Å². The van der Waals surface area contributed by atoms with Crippen LogP contribution in [0.2, 0.25) is 0 Å². The van der Waals surface area contributed by atoms with Gasteiger partial charge in [-0.15, -0.1) is 0 Å². The first-order chi connectivity index (χ1) is 8.20. The van der Waals surface area contributed by atoms with Crippen LogP contribution in [0.15, 0.2) is 36.7 Å². The van der Waals surface area contributed by atoms with E-state index < -0.39 is 5.97 Å². The lowest BCUT2D eigenvalue weighted by molar-refractivity contribution is 0.0696. The monoisotopic (exact) mass is 230 g/mol. The SMILES string of the molecule is O=Cc1nccn1Cc1cccc(C(=O)O)c1. The number of hydrogen-bond donors (Lipinski definition) is 1. The Labute approximate surface area is 97.3 Å². The third-order valence-electron chi connectivity index (χ3n) is 2.38. The minimum absolute atomic E-state index is 0.232. The highest BCUT2D eigenvalue weighted by atomic mass is 16.4. The zero-order valence-electron chi connectivity index (χ0n) is 8.91. The number of aromatic carboxylic acids is 1. The van der Waals surface area contributed by atoms with Crippen molar-refractivity contribution in [2.75, 3.05) is 0 Å². The standard InChI is InChI=1S/C12H10N2O3/c15-8-11-13-4-5-14(11)7-9-2-1-3-10(6-9)12(16)17/h1-6,8H,7H2,(H,16,17). The van der Waals surface area contributed by atoms with Crippen molar-refractivity contribution in [1.29, 1.82) is 0 Å². The van der Waals surface area contributed by atoms with Crippen LogP contribution in [0, 0.1) is 0 Å². The molecule has 0 atom stereocenters. The van der Waals surface area contributed by atoms with Crippen LogP contribution in [-0.4, -0.2) is 26.9 Å². The molecule has 1 aromatic carbocycles. The van der Waals surface area contributed by atoms with Gasteiger partial charge in [-0.3, -0.25) is 4.79 Å². The van der Waals surface area contributed by atoms with Crippen LogP contribution in [0.1, 0.15) is 26.5 Å². The Morgan fingerprint density at radius 2 is 2.29 bits per heavy atom. The molecule has 0 aliphatic carbocycles. The summed E-state index contributed by atoms with van der Waals surface area (Å²) >= 11 is 0. The fraction of sp³-hybridized carbons (Fsp3) is 0.0833. The molecule has 0 spiro atoms. The van der Waals surface area contributed by atoms with Gasteiger partial charge in [0.15, 0.2) is 12.1 Å². The zero-order valence-corrected chi connectivity index (χ0v) is 8.91. The van der Waals surface area contributed by atoms with Crippen molar-refractivity contribution in [3.05, 3.63) is 53.6 Å². The smallest absolute Gasteiger partial charge is 0.335 e. The molecule has 0 unspecified atom stereocenters. The van der Waals surface area contributed by atoms with E-state index >= 15 is 0 Å². The van der Waals surface area contributed by atoms with Gasteiger partial charge in [0.05, 0.1) is 5.56 Å². The van der Waals surface area contributed by atoms with E-state index in [9.17, 15) is 9.59 Å². The number of carbonyl (C=O) groups is 2. The molecule has 1 aromatic heterocycles. The van der Waals surface area contributed by atoms with Crippen LogP contribution >= 0.6 is 0 Å². The summed E-state index contributed by atoms with van der Waals surface area (Å²) in [5.74, 6) is -0.640. The molecule has 0 saturated carbocycles. The van der Waals surface area contributed by atoms with E-state index in [4.69, 9.17) is 5.11 Å². The molecule has 5 nitrogen and oxygen atoms in total. The fourth-order valence-electron chi connectivity index (χ4n) is 1.57. The van der Waals surface area contributed by atoms with Crippen molar-refractivity contribution >= 4 is 12.3 Å². The van der Waals surface area contributed by atoms with E-state index in [-0.39, 0.29) is 5.56 Å². The van der Waals surface area contributed by atoms with Gasteiger partial charge in [0.1, 0.15) is 0 Å². The van der Waals surface area contributed by atoms with Gasteiger partial charge in [-0.1, -0.05) is 12.1 Å². The average molecular weight is 230 g/mol. The third-order valence-corrected chi connectivity index (χ3v) is 2.38. The second kappa shape index (κ2) is 4.61. The number of benzene rings is 1. The second-order valence-electron chi connectivity index (χ2n) is 3.54. The molecule has 0 fully saturated rings. The number of imidazole rings is 1. The predicted octanol–water partition coefficient (Wildman–Crippen LogP) is 1.44. The van der Waals surface area contributed by atoms with Crippen LogP contribution in [0.4, 0.5) is 0 Å². The summed E-state index contributed by atoms with van der Waals surface area (Å²) in [4.78, 5) is 25.3. The molecule has 0 radical (unpaired) electrons. The Bertz CT molecular complexity index is 560. The number of aromatic nitrogens is 2. The molecular weight excluding hydrogens is 220 g/mol. The molecule has 5 heteroatoms. The molecular formula is C12H10N2O3. The quantitative estimate of drug-likeness (QED) is 0.807. The largest absolute Gasteiger partial charge is 0.478 e. The summed E-state index contributed by atoms with van der Waals surface area (Å²) in [5.41, 5.74) is 1.04. The summed E-state index contributed by atoms with van der Waals surface area (Å²) in [6.07, 6.45) is 3.88. The van der Waals surface area contributed by atoms with E-state index in [0.29, 0.717) is 18.7 Å². The van der Waals surface area contributed by atoms with Crippen LogP contribution in [0.5, 0.6) is 0 Å². The molecule has 17 heavy (non-hydrogen) atoms. The van der Waals surface area contributed by atoms with E-state index in [1.165, 1.54) is 12.3 Å². The molecule has 0 saturated heterocycles. The Kier molecular flexibility index (Phi) is 3.00. The van der Waals surface area contributed by atoms with Gasteiger partial charge in [-0.05, 0) is 17.7 Å². The van der Waals surface area contributed by atoms with E-state index in [1.54, 1.807) is 29.0 Å². The van der Waals surface area contributed by atoms with Crippen molar-refractivity contribution in [2.45, 2.75) is 6.54 Å². The van der Waals surface area contributed by atoms with Crippen molar-refractivity contribution in [3.63, 3.8) is 0 Å². The number of hydrogen-bond acceptors (Lipinski definition) is 3. The van der Waals surface area contributed by atoms with Crippen molar-refractivity contribution in [3.8, 4) is 0 Å². The maximum absolute atomic E-state index is 10.8. The Morgan fingerprint density at radius 1 is 1.47 bits per heavy atom. The highest BCUT2D eigenvalue weighted by molar-refractivity contribution is 5.87. The van der Waals surface area contributed by atoms with Gasteiger partial charge in [-0.2, -0.15) is 0 Å². The van der Waals surface area contributed by atoms with Crippen molar-refractivity contribution in [2.24, 2.45) is 0 Å². The van der Waals surface area contributed by atoms with Crippen LogP contribution in [0.25, 0.3) is 0 Å². The van der Waals surface area contributed by atoms with Gasteiger partial charge in [-0.25, -0.2) is 9.78 Å². The summed E-state index contributed by atoms with van der Waals surface area (Å²) in [5, 5.41) is 8.86. The lowest BCUT2D eigenvalue weighted by Crippen LogP contribution is -2.04. The fourth-order valence-corrected chi connectivity index (χ4v) is 1.57. The van der Waals surface area contributed by atoms with E-state index in [1.807, 2.05) is 0 Å². The van der Waals surface area contributed by atoms with Crippen LogP contribution in [-0.2, 0) is 6.54 Å². The van der Waals surface area contributed by atoms with Gasteiger partial charge in [0, 0.05) is 18.9 Å². The Hall–Kier alpha value is -2.43. The average Bonchev–Trinajstić information content (AvgIpc) is 2.76. The van der Waals surface area contributed by atoms with Gasteiger partial charge < -0.3 is 9.67 Å². The summed E-state index contributed by atoms with van der Waals surface area (Å²) in [7, 11) is 0. The maximum Gasteiger partial charge on any atom is 0.335 e. The van der Waals surface area contributed by atoms with Crippen molar-refractivity contribution < 1.29 is 14.7 Å². The van der Waals surface area contributed by atoms with Crippen LogP contribution in [0.3, 0.4) is 0 Å². The minimum atomic E-state index is -0.965. The molecule has 1 N–H and O–H groups in total. The van der Waals surface area contributed by atoms with Crippen LogP contribution < -0.4 is 0 Å². The minimum Gasteiger partial charge on any atom is -0.478 e. The number of carboxylic acids is 1. The van der Waals surface area contributed by atoms with Crippen molar-refractivity contribution in [1.82, 2.24) is 9.55 Å². The number of aldehydes is 1. The third kappa shape index (κ3) is 2.39. The molecule has 0 amide bonds. The predicted molar refractivity (Wildman–Crippen MR) is 60.1 cm³/mol. The molecule has 0 aliphatic heterocycles. The Balaban J connectivity index is 2.27.